The van der Waals surface area contributed by atoms with Crippen LogP contribution < -0.4 is 10.6 Å². The van der Waals surface area contributed by atoms with E-state index >= 15 is 0 Å². The van der Waals surface area contributed by atoms with Crippen LogP contribution in [0, 0.1) is 0 Å². The summed E-state index contributed by atoms with van der Waals surface area (Å²) >= 11 is 0. The van der Waals surface area contributed by atoms with Gasteiger partial charge in [0.2, 0.25) is 0 Å². The monoisotopic (exact) mass is 290 g/mol. The van der Waals surface area contributed by atoms with Crippen molar-refractivity contribution in [2.45, 2.75) is 19.5 Å². The Kier molecular flexibility index (Phi) is 6.06. The van der Waals surface area contributed by atoms with E-state index in [0.717, 1.165) is 25.1 Å². The Hall–Kier alpha value is -1.50. The van der Waals surface area contributed by atoms with E-state index in [9.17, 15) is 13.2 Å². The van der Waals surface area contributed by atoms with Crippen LogP contribution in [-0.4, -0.2) is 43.6 Å². The maximum Gasteiger partial charge on any atom is 0.416 e. The highest BCUT2D eigenvalue weighted by atomic mass is 19.4. The highest BCUT2D eigenvalue weighted by Crippen LogP contribution is 2.32. The SMILES string of the molecule is CCNc1cc(C(F)(F)F)cc(NCCCN(C)C)n1. The van der Waals surface area contributed by atoms with Crippen LogP contribution in [0.5, 0.6) is 0 Å². The molecule has 4 nitrogen and oxygen atoms in total. The first-order valence-corrected chi connectivity index (χ1v) is 6.54. The van der Waals surface area contributed by atoms with Gasteiger partial charge in [-0.05, 0) is 46.1 Å². The lowest BCUT2D eigenvalue weighted by Crippen LogP contribution is -2.17. The highest BCUT2D eigenvalue weighted by Gasteiger charge is 2.31. The van der Waals surface area contributed by atoms with E-state index < -0.39 is 11.7 Å². The molecule has 0 saturated heterocycles. The Morgan fingerprint density at radius 1 is 1.15 bits per heavy atom. The number of alkyl halides is 3. The van der Waals surface area contributed by atoms with Crippen LogP contribution in [0.15, 0.2) is 12.1 Å². The molecule has 0 aliphatic carbocycles. The minimum atomic E-state index is -4.37. The van der Waals surface area contributed by atoms with Crippen molar-refractivity contribution in [1.29, 1.82) is 0 Å². The molecule has 114 valence electrons. The van der Waals surface area contributed by atoms with Crippen molar-refractivity contribution in [3.63, 3.8) is 0 Å². The van der Waals surface area contributed by atoms with Crippen LogP contribution >= 0.6 is 0 Å². The molecule has 0 amide bonds. The largest absolute Gasteiger partial charge is 0.416 e. The van der Waals surface area contributed by atoms with Gasteiger partial charge in [-0.15, -0.1) is 0 Å². The predicted molar refractivity (Wildman–Crippen MR) is 75.1 cm³/mol. The van der Waals surface area contributed by atoms with Crippen LogP contribution in [0.2, 0.25) is 0 Å². The number of aromatic nitrogens is 1. The third kappa shape index (κ3) is 5.64. The second-order valence-corrected chi connectivity index (χ2v) is 4.74. The van der Waals surface area contributed by atoms with Gasteiger partial charge in [0.25, 0.3) is 0 Å². The van der Waals surface area contributed by atoms with Gasteiger partial charge < -0.3 is 15.5 Å². The molecule has 0 unspecified atom stereocenters. The summed E-state index contributed by atoms with van der Waals surface area (Å²) in [5, 5.41) is 5.74. The van der Waals surface area contributed by atoms with Gasteiger partial charge >= 0.3 is 6.18 Å². The molecule has 0 fully saturated rings. The average molecular weight is 290 g/mol. The van der Waals surface area contributed by atoms with E-state index in [1.807, 2.05) is 25.9 Å². The molecule has 1 rings (SSSR count). The lowest BCUT2D eigenvalue weighted by Gasteiger charge is -2.14. The lowest BCUT2D eigenvalue weighted by atomic mass is 10.2. The third-order valence-corrected chi connectivity index (χ3v) is 2.60. The van der Waals surface area contributed by atoms with Crippen LogP contribution in [0.1, 0.15) is 18.9 Å². The molecule has 1 heterocycles. The third-order valence-electron chi connectivity index (χ3n) is 2.60. The molecular weight excluding hydrogens is 269 g/mol. The number of halogens is 3. The fraction of sp³-hybridized carbons (Fsp3) is 0.615. The number of hydrogen-bond donors (Lipinski definition) is 2. The zero-order valence-electron chi connectivity index (χ0n) is 12.0. The second kappa shape index (κ2) is 7.33. The molecule has 0 saturated carbocycles. The Balaban J connectivity index is 2.76. The zero-order valence-corrected chi connectivity index (χ0v) is 12.0. The van der Waals surface area contributed by atoms with Crippen molar-refractivity contribution < 1.29 is 13.2 Å². The van der Waals surface area contributed by atoms with Crippen molar-refractivity contribution in [3.8, 4) is 0 Å². The number of pyridine rings is 1. The predicted octanol–water partition coefficient (Wildman–Crippen LogP) is 2.90. The normalized spacial score (nSPS) is 11.8. The zero-order chi connectivity index (χ0) is 15.2. The van der Waals surface area contributed by atoms with Crippen LogP contribution in [-0.2, 0) is 6.18 Å². The van der Waals surface area contributed by atoms with Crippen molar-refractivity contribution in [1.82, 2.24) is 9.88 Å². The molecule has 0 aliphatic rings. The van der Waals surface area contributed by atoms with Gasteiger partial charge in [-0.1, -0.05) is 0 Å². The minimum absolute atomic E-state index is 0.234. The Bertz CT molecular complexity index is 419. The van der Waals surface area contributed by atoms with E-state index in [2.05, 4.69) is 15.6 Å². The maximum absolute atomic E-state index is 12.8. The molecule has 0 aliphatic heterocycles. The summed E-state index contributed by atoms with van der Waals surface area (Å²) in [4.78, 5) is 6.14. The summed E-state index contributed by atoms with van der Waals surface area (Å²) in [5.74, 6) is 0.479. The number of hydrogen-bond acceptors (Lipinski definition) is 4. The first kappa shape index (κ1) is 16.6. The molecule has 2 N–H and O–H groups in total. The lowest BCUT2D eigenvalue weighted by molar-refractivity contribution is -0.137. The fourth-order valence-electron chi connectivity index (χ4n) is 1.67. The molecule has 1 aromatic heterocycles. The first-order chi connectivity index (χ1) is 9.32. The smallest absolute Gasteiger partial charge is 0.370 e. The second-order valence-electron chi connectivity index (χ2n) is 4.74. The minimum Gasteiger partial charge on any atom is -0.370 e. The van der Waals surface area contributed by atoms with Crippen LogP contribution in [0.4, 0.5) is 24.8 Å². The van der Waals surface area contributed by atoms with Gasteiger partial charge in [-0.25, -0.2) is 4.98 Å². The summed E-state index contributed by atoms with van der Waals surface area (Å²) in [6.07, 6.45) is -3.53. The average Bonchev–Trinajstić information content (AvgIpc) is 2.33. The Labute approximate surface area is 117 Å². The van der Waals surface area contributed by atoms with Crippen molar-refractivity contribution in [2.24, 2.45) is 0 Å². The van der Waals surface area contributed by atoms with Crippen LogP contribution in [0.3, 0.4) is 0 Å². The number of nitrogens with zero attached hydrogens (tertiary/aromatic N) is 2. The van der Waals surface area contributed by atoms with Gasteiger partial charge in [-0.2, -0.15) is 13.2 Å². The molecule has 0 atom stereocenters. The Morgan fingerprint density at radius 2 is 1.75 bits per heavy atom. The van der Waals surface area contributed by atoms with Crippen molar-refractivity contribution >= 4 is 11.6 Å². The molecule has 20 heavy (non-hydrogen) atoms. The summed E-state index contributed by atoms with van der Waals surface area (Å²) in [6.45, 7) is 3.78. The Morgan fingerprint density at radius 3 is 2.25 bits per heavy atom. The van der Waals surface area contributed by atoms with Gasteiger partial charge in [0.05, 0.1) is 5.56 Å². The van der Waals surface area contributed by atoms with Gasteiger partial charge in [0.1, 0.15) is 11.6 Å². The summed E-state index contributed by atoms with van der Waals surface area (Å²) in [7, 11) is 3.90. The molecule has 0 radical (unpaired) electrons. The van der Waals surface area contributed by atoms with Crippen molar-refractivity contribution in [3.05, 3.63) is 17.7 Å². The first-order valence-electron chi connectivity index (χ1n) is 6.54. The van der Waals surface area contributed by atoms with Gasteiger partial charge in [0, 0.05) is 13.1 Å². The number of rotatable bonds is 7. The van der Waals surface area contributed by atoms with E-state index in [-0.39, 0.29) is 11.6 Å². The molecule has 0 spiro atoms. The molecular formula is C13H21F3N4. The van der Waals surface area contributed by atoms with E-state index in [1.165, 1.54) is 0 Å². The summed E-state index contributed by atoms with van der Waals surface area (Å²) in [6, 6.07) is 2.06. The molecule has 1 aromatic rings. The van der Waals surface area contributed by atoms with E-state index in [1.54, 1.807) is 0 Å². The summed E-state index contributed by atoms with van der Waals surface area (Å²) < 4.78 is 38.4. The topological polar surface area (TPSA) is 40.2 Å². The standard InChI is InChI=1S/C13H21F3N4/c1-4-17-11-8-10(13(14,15)16)9-12(19-11)18-6-5-7-20(2)3/h8-9H,4-7H2,1-3H3,(H2,17,18,19). The molecule has 7 heteroatoms. The van der Waals surface area contributed by atoms with Crippen molar-refractivity contribution in [2.75, 3.05) is 44.4 Å². The van der Waals surface area contributed by atoms with Gasteiger partial charge in [0.15, 0.2) is 0 Å². The number of anilines is 2. The van der Waals surface area contributed by atoms with Crippen LogP contribution in [0.25, 0.3) is 0 Å². The highest BCUT2D eigenvalue weighted by molar-refractivity contribution is 5.49. The van der Waals surface area contributed by atoms with E-state index in [4.69, 9.17) is 0 Å². The molecule has 0 aromatic carbocycles. The van der Waals surface area contributed by atoms with Gasteiger partial charge in [-0.3, -0.25) is 0 Å². The van der Waals surface area contributed by atoms with E-state index in [0.29, 0.717) is 13.1 Å². The molecule has 0 bridgehead atoms. The number of nitrogens with one attached hydrogen (secondary N) is 2. The summed E-state index contributed by atoms with van der Waals surface area (Å²) in [5.41, 5.74) is -0.696. The maximum atomic E-state index is 12.8. The quantitative estimate of drug-likeness (QED) is 0.758. The fourth-order valence-corrected chi connectivity index (χ4v) is 1.67.